The summed E-state index contributed by atoms with van der Waals surface area (Å²) in [6.07, 6.45) is 6.03. The van der Waals surface area contributed by atoms with Crippen molar-refractivity contribution in [3.05, 3.63) is 53.2 Å². The summed E-state index contributed by atoms with van der Waals surface area (Å²) in [4.78, 5) is 27.8. The number of thiazole rings is 1. The molecule has 1 unspecified atom stereocenters. The van der Waals surface area contributed by atoms with Crippen molar-refractivity contribution in [1.82, 2.24) is 20.2 Å². The normalized spacial score (nSPS) is 20.3. The fourth-order valence-corrected chi connectivity index (χ4v) is 5.91. The third kappa shape index (κ3) is 5.65. The summed E-state index contributed by atoms with van der Waals surface area (Å²) in [7, 11) is 0. The van der Waals surface area contributed by atoms with Crippen LogP contribution in [0.1, 0.15) is 31.2 Å². The molecule has 1 amide bonds. The summed E-state index contributed by atoms with van der Waals surface area (Å²) >= 11 is 7.61. The maximum atomic E-state index is 12.9. The Bertz CT molecular complexity index is 1050. The highest BCUT2D eigenvalue weighted by Crippen LogP contribution is 2.30. The van der Waals surface area contributed by atoms with Gasteiger partial charge in [-0.15, -0.1) is 0 Å². The zero-order chi connectivity index (χ0) is 22.6. The molecule has 6 nitrogen and oxygen atoms in total. The number of nitrogens with one attached hydrogen (secondary N) is 1. The molecule has 2 aliphatic heterocycles. The molecule has 1 aromatic carbocycles. The molecule has 0 aliphatic carbocycles. The van der Waals surface area contributed by atoms with Gasteiger partial charge in [0.05, 0.1) is 5.92 Å². The highest BCUT2D eigenvalue weighted by molar-refractivity contribution is 7.21. The van der Waals surface area contributed by atoms with Gasteiger partial charge in [0.15, 0.2) is 5.13 Å². The average Bonchev–Trinajstić information content (AvgIpc) is 3.29. The molecule has 1 atom stereocenters. The number of likely N-dealkylation sites (tertiary alicyclic amines) is 1. The Hall–Kier alpha value is -2.22. The van der Waals surface area contributed by atoms with Crippen molar-refractivity contribution >= 4 is 44.3 Å². The van der Waals surface area contributed by atoms with Crippen LogP contribution in [0.25, 0.3) is 10.3 Å². The third-order valence-electron chi connectivity index (χ3n) is 6.81. The third-order valence-corrected chi connectivity index (χ3v) is 8.10. The second-order valence-corrected chi connectivity index (χ2v) is 10.6. The van der Waals surface area contributed by atoms with Crippen molar-refractivity contribution in [2.75, 3.05) is 37.6 Å². The van der Waals surface area contributed by atoms with Crippen LogP contribution in [0.4, 0.5) is 5.13 Å². The van der Waals surface area contributed by atoms with Crippen LogP contribution in [-0.4, -0.2) is 53.5 Å². The summed E-state index contributed by atoms with van der Waals surface area (Å²) in [6, 6.07) is 12.0. The highest BCUT2D eigenvalue weighted by atomic mass is 35.5. The Morgan fingerprint density at radius 3 is 2.73 bits per heavy atom. The van der Waals surface area contributed by atoms with Gasteiger partial charge in [-0.2, -0.15) is 0 Å². The molecule has 2 saturated heterocycles. The number of anilines is 1. The summed E-state index contributed by atoms with van der Waals surface area (Å²) in [6.45, 7) is 5.60. The van der Waals surface area contributed by atoms with E-state index in [1.807, 2.05) is 24.3 Å². The molecule has 2 aliphatic rings. The second-order valence-electron chi connectivity index (χ2n) is 9.20. The quantitative estimate of drug-likeness (QED) is 0.555. The number of amides is 1. The van der Waals surface area contributed by atoms with E-state index >= 15 is 0 Å². The highest BCUT2D eigenvalue weighted by Gasteiger charge is 2.28. The number of nitrogens with zero attached hydrogens (tertiary/aromatic N) is 4. The summed E-state index contributed by atoms with van der Waals surface area (Å²) < 4.78 is 0. The summed E-state index contributed by atoms with van der Waals surface area (Å²) in [5.41, 5.74) is 2.24. The maximum Gasteiger partial charge on any atom is 0.224 e. The summed E-state index contributed by atoms with van der Waals surface area (Å²) in [5, 5.41) is 5.03. The Balaban J connectivity index is 1.07. The van der Waals surface area contributed by atoms with Gasteiger partial charge in [-0.05, 0) is 74.5 Å². The Morgan fingerprint density at radius 1 is 1.12 bits per heavy atom. The van der Waals surface area contributed by atoms with Gasteiger partial charge >= 0.3 is 0 Å². The number of hydrogen-bond acceptors (Lipinski definition) is 6. The van der Waals surface area contributed by atoms with Crippen LogP contribution in [0.15, 0.2) is 42.6 Å². The van der Waals surface area contributed by atoms with Gasteiger partial charge < -0.3 is 10.2 Å². The molecular formula is C25H30ClN5OS. The molecule has 0 spiro atoms. The van der Waals surface area contributed by atoms with Crippen molar-refractivity contribution in [3.8, 4) is 0 Å². The van der Waals surface area contributed by atoms with E-state index in [2.05, 4.69) is 32.2 Å². The minimum absolute atomic E-state index is 0.0312. The van der Waals surface area contributed by atoms with Crippen molar-refractivity contribution in [1.29, 1.82) is 0 Å². The zero-order valence-corrected chi connectivity index (χ0v) is 20.3. The van der Waals surface area contributed by atoms with Crippen LogP contribution >= 0.6 is 22.9 Å². The van der Waals surface area contributed by atoms with E-state index in [0.29, 0.717) is 5.92 Å². The fourth-order valence-electron chi connectivity index (χ4n) is 4.84. The van der Waals surface area contributed by atoms with Crippen molar-refractivity contribution in [3.63, 3.8) is 0 Å². The van der Waals surface area contributed by atoms with Gasteiger partial charge in [0.1, 0.15) is 10.3 Å². The lowest BCUT2D eigenvalue weighted by Crippen LogP contribution is -2.45. The molecule has 174 valence electrons. The smallest absolute Gasteiger partial charge is 0.224 e. The van der Waals surface area contributed by atoms with E-state index in [0.717, 1.165) is 85.5 Å². The van der Waals surface area contributed by atoms with Crippen LogP contribution in [0, 0.1) is 11.8 Å². The first-order valence-corrected chi connectivity index (χ1v) is 13.0. The first-order valence-electron chi connectivity index (χ1n) is 11.8. The number of fused-ring (bicyclic) bond motifs is 1. The molecule has 0 bridgehead atoms. The van der Waals surface area contributed by atoms with Crippen LogP contribution in [0.5, 0.6) is 0 Å². The van der Waals surface area contributed by atoms with E-state index in [9.17, 15) is 4.79 Å². The average molecular weight is 484 g/mol. The molecule has 0 saturated carbocycles. The van der Waals surface area contributed by atoms with Gasteiger partial charge in [-0.1, -0.05) is 35.1 Å². The van der Waals surface area contributed by atoms with Gasteiger partial charge in [0, 0.05) is 37.4 Å². The number of hydrogen-bond donors (Lipinski definition) is 1. The van der Waals surface area contributed by atoms with E-state index in [4.69, 9.17) is 16.6 Å². The SMILES string of the molecule is O=C(NCC1CCN(Cc2ccc(Cl)cc2)CC1)C1CCCN(c2nc3cccnc3s2)C1. The van der Waals surface area contributed by atoms with Crippen molar-refractivity contribution in [2.45, 2.75) is 32.2 Å². The largest absolute Gasteiger partial charge is 0.356 e. The standard InChI is InChI=1S/C25H30ClN5OS/c26-21-7-5-19(6-8-21)16-30-13-9-18(10-14-30)15-28-23(32)20-3-2-12-31(17-20)25-29-22-4-1-11-27-24(22)33-25/h1,4-8,11,18,20H,2-3,9-10,12-17H2,(H,28,32). The number of piperidine rings is 2. The van der Waals surface area contributed by atoms with Crippen molar-refractivity contribution in [2.24, 2.45) is 11.8 Å². The molecule has 2 aromatic heterocycles. The number of rotatable bonds is 6. The summed E-state index contributed by atoms with van der Waals surface area (Å²) in [5.74, 6) is 0.789. The first-order chi connectivity index (χ1) is 16.1. The number of aromatic nitrogens is 2. The maximum absolute atomic E-state index is 12.9. The lowest BCUT2D eigenvalue weighted by molar-refractivity contribution is -0.125. The molecule has 0 radical (unpaired) electrons. The fraction of sp³-hybridized carbons (Fsp3) is 0.480. The minimum Gasteiger partial charge on any atom is -0.356 e. The van der Waals surface area contributed by atoms with Crippen LogP contribution in [0.2, 0.25) is 5.02 Å². The van der Waals surface area contributed by atoms with Crippen molar-refractivity contribution < 1.29 is 4.79 Å². The van der Waals surface area contributed by atoms with E-state index in [-0.39, 0.29) is 11.8 Å². The molecule has 3 aromatic rings. The molecule has 2 fully saturated rings. The first kappa shape index (κ1) is 22.6. The molecule has 5 rings (SSSR count). The topological polar surface area (TPSA) is 61.4 Å². The molecule has 1 N–H and O–H groups in total. The molecular weight excluding hydrogens is 454 g/mol. The van der Waals surface area contributed by atoms with Crippen LogP contribution in [0.3, 0.4) is 0 Å². The second kappa shape index (κ2) is 10.4. The van der Waals surface area contributed by atoms with E-state index in [1.54, 1.807) is 17.5 Å². The molecule has 8 heteroatoms. The molecule has 33 heavy (non-hydrogen) atoms. The zero-order valence-electron chi connectivity index (χ0n) is 18.8. The number of benzene rings is 1. The molecule has 4 heterocycles. The number of halogens is 1. The van der Waals surface area contributed by atoms with E-state index in [1.165, 1.54) is 5.56 Å². The lowest BCUT2D eigenvalue weighted by atomic mass is 9.94. The van der Waals surface area contributed by atoms with Gasteiger partial charge in [0.25, 0.3) is 0 Å². The number of carbonyl (C=O) groups excluding carboxylic acids is 1. The predicted octanol–water partition coefficient (Wildman–Crippen LogP) is 4.59. The Morgan fingerprint density at radius 2 is 1.94 bits per heavy atom. The van der Waals surface area contributed by atoms with Gasteiger partial charge in [0.2, 0.25) is 5.91 Å². The Kier molecular flexibility index (Phi) is 7.09. The number of pyridine rings is 1. The monoisotopic (exact) mass is 483 g/mol. The van der Waals surface area contributed by atoms with Gasteiger partial charge in [-0.3, -0.25) is 9.69 Å². The van der Waals surface area contributed by atoms with Crippen LogP contribution < -0.4 is 10.2 Å². The minimum atomic E-state index is 0.0312. The predicted molar refractivity (Wildman–Crippen MR) is 135 cm³/mol. The lowest BCUT2D eigenvalue weighted by Gasteiger charge is -2.34. The number of carbonyl (C=O) groups is 1. The Labute approximate surface area is 204 Å². The van der Waals surface area contributed by atoms with E-state index < -0.39 is 0 Å². The van der Waals surface area contributed by atoms with Gasteiger partial charge in [-0.25, -0.2) is 9.97 Å². The van der Waals surface area contributed by atoms with Crippen LogP contribution in [-0.2, 0) is 11.3 Å².